The summed E-state index contributed by atoms with van der Waals surface area (Å²) in [5, 5.41) is 0. The van der Waals surface area contributed by atoms with E-state index in [1.165, 1.54) is 11.1 Å². The van der Waals surface area contributed by atoms with Crippen LogP contribution in [0.1, 0.15) is 34.6 Å². The average molecular weight is 231 g/mol. The summed E-state index contributed by atoms with van der Waals surface area (Å²) >= 11 is 0. The summed E-state index contributed by atoms with van der Waals surface area (Å²) in [6, 6.07) is 0. The summed E-state index contributed by atoms with van der Waals surface area (Å²) in [6.45, 7) is 14.8. The molecule has 0 aromatic carbocycles. The number of nitrogens with one attached hydrogen (secondary N) is 1. The Bertz CT molecular complexity index is 238. The van der Waals surface area contributed by atoms with E-state index in [0.29, 0.717) is 0 Å². The maximum atomic E-state index is 6.94. The Morgan fingerprint density at radius 2 is 1.31 bits per heavy atom. The molecular weight excluding hydrogens is 205 g/mol. The van der Waals surface area contributed by atoms with Crippen LogP contribution in [-0.4, -0.2) is 14.3 Å². The van der Waals surface area contributed by atoms with Gasteiger partial charge in [0.25, 0.3) is 0 Å². The second kappa shape index (κ2) is 7.56. The summed E-state index contributed by atoms with van der Waals surface area (Å²) in [5.74, 6) is 0. The third kappa shape index (κ3) is 9.48. The van der Waals surface area contributed by atoms with Crippen LogP contribution in [0.5, 0.6) is 0 Å². The molecule has 0 amide bonds. The largest absolute Gasteiger partial charge is 1.00 e. The van der Waals surface area contributed by atoms with Crippen LogP contribution in [-0.2, 0) is 0 Å². The predicted molar refractivity (Wildman–Crippen MR) is 74.2 cm³/mol. The van der Waals surface area contributed by atoms with Gasteiger partial charge in [-0.25, -0.2) is 0 Å². The Hall–Kier alpha value is 0.254. The second-order valence-corrected chi connectivity index (χ2v) is 9.03. The van der Waals surface area contributed by atoms with Gasteiger partial charge in [0.2, 0.25) is 0 Å². The Balaban J connectivity index is 0. The van der Waals surface area contributed by atoms with Crippen LogP contribution in [0.15, 0.2) is 23.3 Å². The normalized spacial score (nSPS) is 16.1. The molecule has 0 aliphatic heterocycles. The van der Waals surface area contributed by atoms with Crippen LogP contribution in [0.3, 0.4) is 0 Å². The van der Waals surface area contributed by atoms with Crippen LogP contribution < -0.4 is 18.9 Å². The van der Waals surface area contributed by atoms with Gasteiger partial charge in [0.15, 0.2) is 0 Å². The maximum absolute atomic E-state index is 6.94. The van der Waals surface area contributed by atoms with Gasteiger partial charge >= 0.3 is 18.9 Å². The first-order valence-electron chi connectivity index (χ1n) is 5.73. The van der Waals surface area contributed by atoms with Gasteiger partial charge < -0.3 is 5.73 Å². The molecule has 1 rings (SSSR count). The molecule has 0 aromatic heterocycles. The van der Waals surface area contributed by atoms with Crippen LogP contribution in [0, 0.1) is 0 Å². The number of hydrogen-bond acceptors (Lipinski definition) is 0. The fourth-order valence-corrected chi connectivity index (χ4v) is 2.62. The van der Waals surface area contributed by atoms with Gasteiger partial charge in [-0.1, -0.05) is 57.2 Å². The van der Waals surface area contributed by atoms with Gasteiger partial charge in [-0.3, -0.25) is 0 Å². The first kappa shape index (κ1) is 18.6. The Labute approximate surface area is 115 Å². The molecule has 16 heavy (non-hydrogen) atoms. The van der Waals surface area contributed by atoms with Crippen molar-refractivity contribution < 1.29 is 18.9 Å². The summed E-state index contributed by atoms with van der Waals surface area (Å²) in [6.07, 6.45) is 4.85. The predicted octanol–water partition coefficient (Wildman–Crippen LogP) is 1.59. The van der Waals surface area contributed by atoms with E-state index < -0.39 is 8.80 Å². The van der Waals surface area contributed by atoms with Gasteiger partial charge in [0, 0.05) is 8.80 Å². The van der Waals surface area contributed by atoms with Crippen molar-refractivity contribution in [1.29, 1.82) is 0 Å². The summed E-state index contributed by atoms with van der Waals surface area (Å²) in [5.41, 5.74) is 10.5. The third-order valence-electron chi connectivity index (χ3n) is 2.28. The molecule has 0 heterocycles. The molecular formula is C13H26LiNSi. The maximum Gasteiger partial charge on any atom is 1.00 e. The van der Waals surface area contributed by atoms with Crippen LogP contribution in [0.4, 0.5) is 0 Å². The minimum absolute atomic E-state index is 0. The van der Waals surface area contributed by atoms with Crippen molar-refractivity contribution in [2.45, 2.75) is 58.8 Å². The zero-order chi connectivity index (χ0) is 12.2. The summed E-state index contributed by atoms with van der Waals surface area (Å²) < 4.78 is 0. The molecule has 0 fully saturated rings. The topological polar surface area (TPSA) is 23.8 Å². The van der Waals surface area contributed by atoms with Crippen molar-refractivity contribution in [3.05, 3.63) is 29.0 Å². The van der Waals surface area contributed by atoms with Crippen molar-refractivity contribution >= 4 is 8.80 Å². The Kier molecular flexibility index (Phi) is 8.79. The van der Waals surface area contributed by atoms with E-state index in [1.54, 1.807) is 0 Å². The third-order valence-corrected chi connectivity index (χ3v) is 4.20. The zero-order valence-corrected chi connectivity index (χ0v) is 13.5. The molecule has 1 nitrogen and oxygen atoms in total. The van der Waals surface area contributed by atoms with E-state index in [0.717, 1.165) is 5.54 Å². The van der Waals surface area contributed by atoms with Gasteiger partial charge in [0.1, 0.15) is 0 Å². The van der Waals surface area contributed by atoms with E-state index in [9.17, 15) is 0 Å². The van der Waals surface area contributed by atoms with Crippen LogP contribution >= 0.6 is 0 Å². The molecule has 0 saturated carbocycles. The minimum Gasteiger partial charge on any atom is -0.673 e. The van der Waals surface area contributed by atoms with E-state index in [4.69, 9.17) is 5.73 Å². The van der Waals surface area contributed by atoms with E-state index >= 15 is 0 Å². The van der Waals surface area contributed by atoms with E-state index in [-0.39, 0.29) is 24.4 Å². The molecule has 0 bridgehead atoms. The SMILES string of the molecule is CC(C)(C)[NH-].CC1=CC([SiH](C)C)C=C1C.[Li+]. The minimum atomic E-state index is -0.453. The van der Waals surface area contributed by atoms with E-state index in [1.807, 2.05) is 20.8 Å². The Morgan fingerprint density at radius 3 is 1.44 bits per heavy atom. The molecule has 0 unspecified atom stereocenters. The van der Waals surface area contributed by atoms with Crippen molar-refractivity contribution in [2.75, 3.05) is 0 Å². The molecule has 88 valence electrons. The first-order chi connectivity index (χ1) is 6.61. The molecule has 1 aliphatic carbocycles. The standard InChI is InChI=1S/C9H16Si.C4H10N.Li/c1-7-5-9(10(3)4)6-8(7)2;1-4(2,3)5;/h5-6,9-10H,1-4H3;5H,1-3H3;/q;-1;+1. The van der Waals surface area contributed by atoms with Crippen LogP contribution in [0.25, 0.3) is 5.73 Å². The molecule has 3 heteroatoms. The molecule has 0 atom stereocenters. The molecule has 0 spiro atoms. The first-order valence-corrected chi connectivity index (χ1v) is 8.71. The van der Waals surface area contributed by atoms with Gasteiger partial charge in [-0.2, -0.15) is 0 Å². The summed E-state index contributed by atoms with van der Waals surface area (Å²) in [4.78, 5) is 0. The quantitative estimate of drug-likeness (QED) is 0.612. The number of rotatable bonds is 1. The van der Waals surface area contributed by atoms with Gasteiger partial charge in [0.05, 0.1) is 0 Å². The Morgan fingerprint density at radius 1 is 1.06 bits per heavy atom. The van der Waals surface area contributed by atoms with Crippen molar-refractivity contribution in [3.63, 3.8) is 0 Å². The molecule has 0 aromatic rings. The number of allylic oxidation sites excluding steroid dienone is 4. The molecule has 0 saturated heterocycles. The van der Waals surface area contributed by atoms with Crippen molar-refractivity contribution in [3.8, 4) is 0 Å². The zero-order valence-electron chi connectivity index (χ0n) is 12.3. The molecule has 1 aliphatic rings. The smallest absolute Gasteiger partial charge is 0.673 e. The average Bonchev–Trinajstić information content (AvgIpc) is 2.28. The fraction of sp³-hybridized carbons (Fsp3) is 0.692. The van der Waals surface area contributed by atoms with Crippen LogP contribution in [0.2, 0.25) is 18.6 Å². The van der Waals surface area contributed by atoms with Gasteiger partial charge in [-0.15, -0.1) is 5.54 Å². The fourth-order valence-electron chi connectivity index (χ4n) is 1.27. The summed E-state index contributed by atoms with van der Waals surface area (Å²) in [7, 11) is -0.453. The van der Waals surface area contributed by atoms with E-state index in [2.05, 4.69) is 39.1 Å². The second-order valence-electron chi connectivity index (χ2n) is 5.77. The van der Waals surface area contributed by atoms with Crippen molar-refractivity contribution in [2.24, 2.45) is 0 Å². The number of hydrogen-bond donors (Lipinski definition) is 0. The van der Waals surface area contributed by atoms with Crippen molar-refractivity contribution in [1.82, 2.24) is 0 Å². The van der Waals surface area contributed by atoms with Gasteiger partial charge in [-0.05, 0) is 19.4 Å². The monoisotopic (exact) mass is 231 g/mol. The molecule has 0 radical (unpaired) electrons. The molecule has 1 N–H and O–H groups in total.